The Morgan fingerprint density at radius 3 is 2.67 bits per heavy atom. The highest BCUT2D eigenvalue weighted by molar-refractivity contribution is 8.23. The molecule has 1 N–H and O–H groups in total. The maximum atomic E-state index is 10.5. The van der Waals surface area contributed by atoms with Gasteiger partial charge in [0.1, 0.15) is 4.32 Å². The summed E-state index contributed by atoms with van der Waals surface area (Å²) in [6.45, 7) is 0. The fraction of sp³-hybridized carbons (Fsp3) is 0.214. The van der Waals surface area contributed by atoms with Gasteiger partial charge in [0, 0.05) is 22.6 Å². The van der Waals surface area contributed by atoms with Gasteiger partial charge in [-0.25, -0.2) is 8.42 Å². The number of thioether (sulfide) groups is 1. The van der Waals surface area contributed by atoms with Gasteiger partial charge in [0.25, 0.3) is 0 Å². The molecule has 2 rings (SSSR count). The Bertz CT molecular complexity index is 739. The maximum absolute atomic E-state index is 10.5. The van der Waals surface area contributed by atoms with Gasteiger partial charge in [0.05, 0.1) is 10.1 Å². The Morgan fingerprint density at radius 1 is 1.19 bits per heavy atom. The summed E-state index contributed by atoms with van der Waals surface area (Å²) in [5, 5.41) is 5.34. The van der Waals surface area contributed by atoms with E-state index in [9.17, 15) is 13.0 Å². The Morgan fingerprint density at radius 2 is 1.90 bits per heavy atom. The van der Waals surface area contributed by atoms with Crippen molar-refractivity contribution in [2.75, 3.05) is 16.8 Å². The number of thiocarbonyl (C=S) groups is 1. The lowest BCUT2D eigenvalue weighted by molar-refractivity contribution is 0.462. The van der Waals surface area contributed by atoms with Crippen LogP contribution in [-0.2, 0) is 10.1 Å². The van der Waals surface area contributed by atoms with Crippen LogP contribution < -0.4 is 5.32 Å². The molecule has 0 unspecified atom stereocenters. The molecular weight excluding hydrogens is 326 g/mol. The Kier molecular flexibility index (Phi) is 5.58. The van der Waals surface area contributed by atoms with E-state index in [2.05, 4.69) is 5.32 Å². The molecule has 0 aliphatic carbocycles. The quantitative estimate of drug-likeness (QED) is 0.512. The lowest BCUT2D eigenvalue weighted by Gasteiger charge is -2.11. The molecule has 0 aromatic heterocycles. The molecule has 2 aromatic rings. The predicted octanol–water partition coefficient (Wildman–Crippen LogP) is 3.21. The normalized spacial score (nSPS) is 11.5. The number of rotatable bonds is 5. The number of nitrogens with one attached hydrogen (secondary N) is 1. The highest BCUT2D eigenvalue weighted by Gasteiger charge is 2.04. The Hall–Kier alpha value is -1.15. The monoisotopic (exact) mass is 340 g/mol. The molecule has 4 nitrogen and oxygen atoms in total. The van der Waals surface area contributed by atoms with Gasteiger partial charge in [0.2, 0.25) is 0 Å². The second-order valence-electron chi connectivity index (χ2n) is 4.40. The molecule has 0 amide bonds. The zero-order chi connectivity index (χ0) is 15.3. The second kappa shape index (κ2) is 7.22. The molecular formula is C14H14NO3S3-. The van der Waals surface area contributed by atoms with Crippen LogP contribution in [0.25, 0.3) is 10.8 Å². The minimum Gasteiger partial charge on any atom is -0.748 e. The molecule has 0 spiro atoms. The Balaban J connectivity index is 1.93. The topological polar surface area (TPSA) is 69.2 Å². The van der Waals surface area contributed by atoms with Crippen LogP contribution in [0.5, 0.6) is 0 Å². The van der Waals surface area contributed by atoms with Crippen LogP contribution in [-0.4, -0.2) is 28.8 Å². The molecule has 7 heteroatoms. The molecule has 0 radical (unpaired) electrons. The minimum absolute atomic E-state index is 0.299. The lowest BCUT2D eigenvalue weighted by atomic mass is 10.1. The average molecular weight is 340 g/mol. The highest BCUT2D eigenvalue weighted by Crippen LogP contribution is 2.24. The van der Waals surface area contributed by atoms with Gasteiger partial charge in [-0.15, -0.1) is 0 Å². The first kappa shape index (κ1) is 16.2. The molecule has 0 heterocycles. The third-order valence-corrected chi connectivity index (χ3v) is 4.90. The molecule has 21 heavy (non-hydrogen) atoms. The zero-order valence-electron chi connectivity index (χ0n) is 11.1. The maximum Gasteiger partial charge on any atom is 0.138 e. The van der Waals surface area contributed by atoms with Crippen molar-refractivity contribution in [2.24, 2.45) is 0 Å². The molecule has 112 valence electrons. The summed E-state index contributed by atoms with van der Waals surface area (Å²) in [4.78, 5) is 0. The van der Waals surface area contributed by atoms with Crippen molar-refractivity contribution in [3.63, 3.8) is 0 Å². The van der Waals surface area contributed by atoms with Crippen molar-refractivity contribution in [2.45, 2.75) is 6.42 Å². The van der Waals surface area contributed by atoms with E-state index in [1.54, 1.807) is 0 Å². The predicted molar refractivity (Wildman–Crippen MR) is 91.8 cm³/mol. The summed E-state index contributed by atoms with van der Waals surface area (Å²) >= 11 is 6.57. The van der Waals surface area contributed by atoms with E-state index < -0.39 is 10.1 Å². The minimum atomic E-state index is -4.14. The number of fused-ring (bicyclic) bond motifs is 1. The first-order chi connectivity index (χ1) is 9.96. The first-order valence-electron chi connectivity index (χ1n) is 6.31. The van der Waals surface area contributed by atoms with E-state index >= 15 is 0 Å². The van der Waals surface area contributed by atoms with Crippen LogP contribution in [0.3, 0.4) is 0 Å². The fourth-order valence-corrected chi connectivity index (χ4v) is 3.58. The smallest absolute Gasteiger partial charge is 0.138 e. The second-order valence-corrected chi connectivity index (χ2v) is 7.70. The summed E-state index contributed by atoms with van der Waals surface area (Å²) < 4.78 is 32.1. The molecule has 0 aliphatic heterocycles. The molecule has 2 aromatic carbocycles. The van der Waals surface area contributed by atoms with E-state index in [-0.39, 0.29) is 5.75 Å². The standard InChI is InChI=1S/C14H15NO3S3/c16-21(17,18)10-4-9-20-14(19)15-13-8-3-6-11-5-1-2-7-12(11)13/h1-3,5-8H,4,9-10H2,(H,15,19)(H,16,17,18)/p-1. The summed E-state index contributed by atoms with van der Waals surface area (Å²) in [6.07, 6.45) is 0.299. The summed E-state index contributed by atoms with van der Waals surface area (Å²) in [5.74, 6) is 0.148. The highest BCUT2D eigenvalue weighted by atomic mass is 32.2. The van der Waals surface area contributed by atoms with Gasteiger partial charge >= 0.3 is 0 Å². The van der Waals surface area contributed by atoms with Crippen molar-refractivity contribution in [3.05, 3.63) is 42.5 Å². The SMILES string of the molecule is O=S(=O)([O-])CCCSC(=S)Nc1cccc2ccccc12. The van der Waals surface area contributed by atoms with Gasteiger partial charge < -0.3 is 9.87 Å². The van der Waals surface area contributed by atoms with E-state index in [4.69, 9.17) is 12.2 Å². The number of anilines is 1. The van der Waals surface area contributed by atoms with Crippen molar-refractivity contribution >= 4 is 54.9 Å². The number of benzene rings is 2. The zero-order valence-corrected chi connectivity index (χ0v) is 13.6. The number of hydrogen-bond donors (Lipinski definition) is 1. The third-order valence-electron chi connectivity index (χ3n) is 2.80. The average Bonchev–Trinajstić information content (AvgIpc) is 2.43. The van der Waals surface area contributed by atoms with Crippen molar-refractivity contribution < 1.29 is 13.0 Å². The van der Waals surface area contributed by atoms with E-state index in [0.717, 1.165) is 16.5 Å². The van der Waals surface area contributed by atoms with E-state index in [0.29, 0.717) is 16.5 Å². The first-order valence-corrected chi connectivity index (χ1v) is 9.28. The molecule has 0 saturated carbocycles. The van der Waals surface area contributed by atoms with Gasteiger partial charge in [-0.2, -0.15) is 0 Å². The molecule has 0 saturated heterocycles. The lowest BCUT2D eigenvalue weighted by Crippen LogP contribution is -2.08. The third kappa shape index (κ3) is 5.28. The molecule has 0 aliphatic rings. The fourth-order valence-electron chi connectivity index (χ4n) is 1.88. The van der Waals surface area contributed by atoms with Crippen LogP contribution >= 0.6 is 24.0 Å². The summed E-state index contributed by atoms with van der Waals surface area (Å²) in [5.41, 5.74) is 0.919. The Labute approximate surface area is 133 Å². The van der Waals surface area contributed by atoms with Crippen molar-refractivity contribution in [1.29, 1.82) is 0 Å². The van der Waals surface area contributed by atoms with Gasteiger partial charge in [-0.3, -0.25) is 0 Å². The van der Waals surface area contributed by atoms with Gasteiger partial charge in [-0.05, 0) is 17.9 Å². The van der Waals surface area contributed by atoms with Crippen LogP contribution in [0, 0.1) is 0 Å². The van der Waals surface area contributed by atoms with Crippen LogP contribution in [0.4, 0.5) is 5.69 Å². The van der Waals surface area contributed by atoms with Gasteiger partial charge in [0.15, 0.2) is 0 Å². The number of hydrogen-bond acceptors (Lipinski definition) is 5. The molecule has 0 fully saturated rings. The van der Waals surface area contributed by atoms with Crippen molar-refractivity contribution in [3.8, 4) is 0 Å². The summed E-state index contributed by atoms with van der Waals surface area (Å²) in [6, 6.07) is 13.9. The van der Waals surface area contributed by atoms with Crippen LogP contribution in [0.1, 0.15) is 6.42 Å². The largest absolute Gasteiger partial charge is 0.748 e. The van der Waals surface area contributed by atoms with Gasteiger partial charge in [-0.1, -0.05) is 60.4 Å². The van der Waals surface area contributed by atoms with Crippen molar-refractivity contribution in [1.82, 2.24) is 0 Å². The molecule has 0 bridgehead atoms. The van der Waals surface area contributed by atoms with E-state index in [1.165, 1.54) is 11.8 Å². The summed E-state index contributed by atoms with van der Waals surface area (Å²) in [7, 11) is -4.14. The van der Waals surface area contributed by atoms with Crippen LogP contribution in [0.15, 0.2) is 42.5 Å². The van der Waals surface area contributed by atoms with Crippen LogP contribution in [0.2, 0.25) is 0 Å². The van der Waals surface area contributed by atoms with E-state index in [1.807, 2.05) is 42.5 Å². The molecule has 0 atom stereocenters.